The minimum Gasteiger partial charge on any atom is -0.507 e. The number of aliphatic hydroxyl groups excluding tert-OH is 1. The molecule has 1 fully saturated rings. The Bertz CT molecular complexity index is 1710. The van der Waals surface area contributed by atoms with E-state index >= 15 is 0 Å². The van der Waals surface area contributed by atoms with Crippen molar-refractivity contribution in [2.45, 2.75) is 25.5 Å². The Labute approximate surface area is 218 Å². The molecule has 38 heavy (non-hydrogen) atoms. The molecule has 1 N–H and O–H groups in total. The van der Waals surface area contributed by atoms with Crippen molar-refractivity contribution in [2.75, 3.05) is 4.90 Å². The lowest BCUT2D eigenvalue weighted by Gasteiger charge is -2.22. The van der Waals surface area contributed by atoms with Gasteiger partial charge in [-0.3, -0.25) is 24.6 Å². The highest BCUT2D eigenvalue weighted by Crippen LogP contribution is 2.45. The number of thiazole rings is 1. The largest absolute Gasteiger partial charge is 0.507 e. The molecule has 1 aromatic heterocycles. The summed E-state index contributed by atoms with van der Waals surface area (Å²) in [6.07, 6.45) is 0.572. The fourth-order valence-electron chi connectivity index (χ4n) is 4.87. The van der Waals surface area contributed by atoms with E-state index in [4.69, 9.17) is 4.74 Å². The standard InChI is InChI=1S/C27H18FN3O6S/c1-13-9-16-10-15(5-8-20(16)37-13)24(32)22-23(14-3-2-4-18(11-14)31(35)36)30(26(34)25(22)33)27-29-19-7-6-17(28)12-21(19)38-27/h2-8,10-13,23,32H,9H2,1H3/b24-22+/t13-,23-/m1/s1. The van der Waals surface area contributed by atoms with Gasteiger partial charge in [0.1, 0.15) is 23.4 Å². The maximum absolute atomic E-state index is 13.8. The zero-order valence-corrected chi connectivity index (χ0v) is 20.6. The molecule has 0 aliphatic carbocycles. The molecule has 0 radical (unpaired) electrons. The van der Waals surface area contributed by atoms with Gasteiger partial charge in [0.25, 0.3) is 11.5 Å². The molecule has 1 saturated heterocycles. The number of nitro groups is 1. The van der Waals surface area contributed by atoms with Crippen molar-refractivity contribution in [1.29, 1.82) is 0 Å². The van der Waals surface area contributed by atoms with Crippen LogP contribution in [0.3, 0.4) is 0 Å². The fourth-order valence-corrected chi connectivity index (χ4v) is 5.88. The van der Waals surface area contributed by atoms with E-state index in [9.17, 15) is 29.2 Å². The summed E-state index contributed by atoms with van der Waals surface area (Å²) in [4.78, 5) is 43.3. The van der Waals surface area contributed by atoms with Gasteiger partial charge in [-0.2, -0.15) is 0 Å². The third kappa shape index (κ3) is 3.79. The van der Waals surface area contributed by atoms with Gasteiger partial charge >= 0.3 is 5.91 Å². The van der Waals surface area contributed by atoms with Crippen molar-refractivity contribution in [3.8, 4) is 5.75 Å². The highest BCUT2D eigenvalue weighted by Gasteiger charge is 2.48. The highest BCUT2D eigenvalue weighted by molar-refractivity contribution is 7.22. The lowest BCUT2D eigenvalue weighted by molar-refractivity contribution is -0.384. The third-order valence-electron chi connectivity index (χ3n) is 6.56. The van der Waals surface area contributed by atoms with E-state index < -0.39 is 34.2 Å². The van der Waals surface area contributed by atoms with E-state index in [0.29, 0.717) is 28.0 Å². The average molecular weight is 532 g/mol. The minimum atomic E-state index is -1.20. The second-order valence-corrected chi connectivity index (χ2v) is 10.1. The van der Waals surface area contributed by atoms with Crippen LogP contribution in [0.5, 0.6) is 5.75 Å². The van der Waals surface area contributed by atoms with Crippen LogP contribution in [0, 0.1) is 15.9 Å². The van der Waals surface area contributed by atoms with E-state index in [1.807, 2.05) is 6.92 Å². The van der Waals surface area contributed by atoms with Crippen molar-refractivity contribution >= 4 is 49.8 Å². The summed E-state index contributed by atoms with van der Waals surface area (Å²) in [5, 5.41) is 23.0. The van der Waals surface area contributed by atoms with Crippen LogP contribution in [-0.2, 0) is 16.0 Å². The number of nitrogens with zero attached hydrogens (tertiary/aromatic N) is 3. The van der Waals surface area contributed by atoms with Crippen molar-refractivity contribution in [2.24, 2.45) is 0 Å². The molecular formula is C27H18FN3O6S. The number of nitro benzene ring substituents is 1. The van der Waals surface area contributed by atoms with E-state index in [1.54, 1.807) is 18.2 Å². The van der Waals surface area contributed by atoms with Crippen LogP contribution < -0.4 is 9.64 Å². The number of hydrogen-bond acceptors (Lipinski definition) is 8. The summed E-state index contributed by atoms with van der Waals surface area (Å²) in [5.74, 6) is -2.15. The van der Waals surface area contributed by atoms with Crippen LogP contribution in [0.4, 0.5) is 15.2 Å². The first-order valence-electron chi connectivity index (χ1n) is 11.6. The molecule has 9 nitrogen and oxygen atoms in total. The Kier molecular flexibility index (Phi) is 5.46. The number of non-ortho nitro benzene ring substituents is 1. The molecule has 0 spiro atoms. The number of benzene rings is 3. The monoisotopic (exact) mass is 531 g/mol. The Morgan fingerprint density at radius 1 is 1.18 bits per heavy atom. The molecule has 4 aromatic rings. The van der Waals surface area contributed by atoms with E-state index in [0.717, 1.165) is 21.8 Å². The summed E-state index contributed by atoms with van der Waals surface area (Å²) in [7, 11) is 0. The molecule has 3 heterocycles. The number of carbonyl (C=O) groups excluding carboxylic acids is 2. The maximum Gasteiger partial charge on any atom is 0.301 e. The molecule has 2 atom stereocenters. The summed E-state index contributed by atoms with van der Waals surface area (Å²) in [6, 6.07) is 13.2. The lowest BCUT2D eigenvalue weighted by Crippen LogP contribution is -2.29. The first kappa shape index (κ1) is 23.7. The number of rotatable bonds is 4. The number of ether oxygens (including phenoxy) is 1. The van der Waals surface area contributed by atoms with Crippen molar-refractivity contribution < 1.29 is 28.7 Å². The quantitative estimate of drug-likeness (QED) is 0.125. The van der Waals surface area contributed by atoms with Gasteiger partial charge in [0.2, 0.25) is 0 Å². The highest BCUT2D eigenvalue weighted by atomic mass is 32.1. The van der Waals surface area contributed by atoms with Gasteiger partial charge < -0.3 is 9.84 Å². The van der Waals surface area contributed by atoms with Gasteiger partial charge in [0.15, 0.2) is 5.13 Å². The number of anilines is 1. The number of Topliss-reactive ketones (excluding diaryl/α,β-unsaturated/α-hetero) is 1. The fraction of sp³-hybridized carbons (Fsp3) is 0.148. The topological polar surface area (TPSA) is 123 Å². The lowest BCUT2D eigenvalue weighted by atomic mass is 9.94. The van der Waals surface area contributed by atoms with E-state index in [-0.39, 0.29) is 28.1 Å². The number of hydrogen-bond donors (Lipinski definition) is 1. The van der Waals surface area contributed by atoms with Gasteiger partial charge in [0.05, 0.1) is 26.8 Å². The molecule has 6 rings (SSSR count). The molecule has 2 aliphatic rings. The molecule has 190 valence electrons. The van der Waals surface area contributed by atoms with Crippen LogP contribution >= 0.6 is 11.3 Å². The zero-order chi connectivity index (χ0) is 26.7. The molecule has 2 aliphatic heterocycles. The number of aromatic nitrogens is 1. The summed E-state index contributed by atoms with van der Waals surface area (Å²) < 4.78 is 20.0. The van der Waals surface area contributed by atoms with Crippen LogP contribution in [0.25, 0.3) is 16.0 Å². The van der Waals surface area contributed by atoms with E-state index in [1.165, 1.54) is 42.5 Å². The Balaban J connectivity index is 1.56. The summed E-state index contributed by atoms with van der Waals surface area (Å²) >= 11 is 0.997. The van der Waals surface area contributed by atoms with Gasteiger partial charge in [-0.15, -0.1) is 0 Å². The maximum atomic E-state index is 13.8. The van der Waals surface area contributed by atoms with Crippen LogP contribution in [-0.4, -0.2) is 32.8 Å². The third-order valence-corrected chi connectivity index (χ3v) is 7.57. The van der Waals surface area contributed by atoms with Crippen LogP contribution in [0.2, 0.25) is 0 Å². The zero-order valence-electron chi connectivity index (χ0n) is 19.8. The van der Waals surface area contributed by atoms with Crippen molar-refractivity contribution in [1.82, 2.24) is 4.98 Å². The molecule has 11 heteroatoms. The molecule has 0 unspecified atom stereocenters. The number of ketones is 1. The molecular weight excluding hydrogens is 513 g/mol. The average Bonchev–Trinajstić information content (AvgIpc) is 3.55. The second-order valence-electron chi connectivity index (χ2n) is 9.08. The van der Waals surface area contributed by atoms with Crippen LogP contribution in [0.1, 0.15) is 29.7 Å². The first-order valence-corrected chi connectivity index (χ1v) is 12.4. The van der Waals surface area contributed by atoms with Gasteiger partial charge in [-0.25, -0.2) is 9.37 Å². The Morgan fingerprint density at radius 2 is 2.00 bits per heavy atom. The number of carbonyl (C=O) groups is 2. The Morgan fingerprint density at radius 3 is 2.79 bits per heavy atom. The van der Waals surface area contributed by atoms with Gasteiger partial charge in [-0.05, 0) is 54.4 Å². The number of fused-ring (bicyclic) bond motifs is 2. The summed E-state index contributed by atoms with van der Waals surface area (Å²) in [6.45, 7) is 1.91. The second kappa shape index (κ2) is 8.73. The van der Waals surface area contributed by atoms with Crippen molar-refractivity contribution in [3.05, 3.63) is 98.9 Å². The number of aliphatic hydroxyl groups is 1. The van der Waals surface area contributed by atoms with Crippen LogP contribution in [0.15, 0.2) is 66.2 Å². The number of amides is 1. The van der Waals surface area contributed by atoms with Crippen molar-refractivity contribution in [3.63, 3.8) is 0 Å². The van der Waals surface area contributed by atoms with E-state index in [2.05, 4.69) is 4.98 Å². The van der Waals surface area contributed by atoms with Gasteiger partial charge in [-0.1, -0.05) is 23.5 Å². The molecule has 3 aromatic carbocycles. The molecule has 0 saturated carbocycles. The predicted molar refractivity (Wildman–Crippen MR) is 138 cm³/mol. The van der Waals surface area contributed by atoms with Gasteiger partial charge in [0, 0.05) is 24.1 Å². The minimum absolute atomic E-state index is 0.0401. The number of halogens is 1. The Hall–Kier alpha value is -4.64. The summed E-state index contributed by atoms with van der Waals surface area (Å²) in [5.41, 5.74) is 1.33. The molecule has 0 bridgehead atoms. The first-order chi connectivity index (χ1) is 18.2. The SMILES string of the molecule is C[C@@H]1Cc2cc(/C(O)=C3\C(=O)C(=O)N(c4nc5ccc(F)cc5s4)[C@@H]3c3cccc([N+](=O)[O-])c3)ccc2O1. The normalized spacial score (nSPS) is 20.1. The smallest absolute Gasteiger partial charge is 0.301 e. The predicted octanol–water partition coefficient (Wildman–Crippen LogP) is 5.29. The molecule has 1 amide bonds.